The molecule has 0 aliphatic carbocycles. The third-order valence-electron chi connectivity index (χ3n) is 2.89. The van der Waals surface area contributed by atoms with E-state index in [1.807, 2.05) is 42.0 Å². The maximum atomic E-state index is 13.5. The number of halogens is 1. The Morgan fingerprint density at radius 1 is 1.25 bits per heavy atom. The average molecular weight is 270 g/mol. The Balaban J connectivity index is 2.01. The van der Waals surface area contributed by atoms with Crippen molar-refractivity contribution >= 4 is 0 Å². The summed E-state index contributed by atoms with van der Waals surface area (Å²) >= 11 is 0. The molecule has 0 atom stereocenters. The molecule has 2 nitrogen and oxygen atoms in total. The average Bonchev–Trinajstić information content (AvgIpc) is 2.46. The number of nitrogens with zero attached hydrogens (tertiary/aromatic N) is 1. The van der Waals surface area contributed by atoms with Crippen LogP contribution in [0.2, 0.25) is 0 Å². The number of rotatable bonds is 3. The van der Waals surface area contributed by atoms with Gasteiger partial charge in [0.2, 0.25) is 0 Å². The monoisotopic (exact) mass is 270 g/mol. The van der Waals surface area contributed by atoms with E-state index >= 15 is 0 Å². The first-order valence-corrected chi connectivity index (χ1v) is 6.57. The number of aromatic nitrogens is 1. The van der Waals surface area contributed by atoms with Gasteiger partial charge in [-0.15, -0.1) is 0 Å². The molecule has 2 rings (SSSR count). The van der Waals surface area contributed by atoms with Crippen molar-refractivity contribution < 1.29 is 13.7 Å². The van der Waals surface area contributed by atoms with Crippen molar-refractivity contribution in [2.45, 2.75) is 20.4 Å². The highest BCUT2D eigenvalue weighted by Crippen LogP contribution is 2.17. The number of benzene rings is 1. The highest BCUT2D eigenvalue weighted by molar-refractivity contribution is 5.29. The van der Waals surface area contributed by atoms with Gasteiger partial charge in [-0.3, -0.25) is 0 Å². The minimum Gasteiger partial charge on any atom is -0.478 e. The fourth-order valence-electron chi connectivity index (χ4n) is 1.83. The van der Waals surface area contributed by atoms with Gasteiger partial charge >= 0.3 is 0 Å². The molecule has 0 spiro atoms. The molecule has 102 valence electrons. The molecular weight excluding hydrogens is 253 g/mol. The van der Waals surface area contributed by atoms with Crippen molar-refractivity contribution in [3.05, 3.63) is 59.7 Å². The molecule has 1 aromatic heterocycles. The first-order chi connectivity index (χ1) is 9.70. The number of hydrogen-bond donors (Lipinski definition) is 0. The van der Waals surface area contributed by atoms with Crippen LogP contribution < -0.4 is 9.30 Å². The maximum Gasteiger partial charge on any atom is 0.256 e. The summed E-state index contributed by atoms with van der Waals surface area (Å²) in [6, 6.07) is 10.7. The highest BCUT2D eigenvalue weighted by Gasteiger charge is 2.03. The van der Waals surface area contributed by atoms with Crippen LogP contribution in [0.3, 0.4) is 0 Å². The topological polar surface area (TPSA) is 13.1 Å². The molecule has 0 unspecified atom stereocenters. The molecule has 2 aromatic rings. The van der Waals surface area contributed by atoms with Crippen LogP contribution in [0.4, 0.5) is 4.39 Å². The number of pyridine rings is 1. The van der Waals surface area contributed by atoms with Gasteiger partial charge in [0, 0.05) is 18.1 Å². The fourth-order valence-corrected chi connectivity index (χ4v) is 1.83. The zero-order valence-electron chi connectivity index (χ0n) is 11.7. The van der Waals surface area contributed by atoms with Gasteiger partial charge in [-0.2, -0.15) is 4.57 Å². The van der Waals surface area contributed by atoms with Crippen molar-refractivity contribution in [3.8, 4) is 17.6 Å². The van der Waals surface area contributed by atoms with E-state index < -0.39 is 0 Å². The van der Waals surface area contributed by atoms with Crippen LogP contribution in [0.1, 0.15) is 18.2 Å². The van der Waals surface area contributed by atoms with Gasteiger partial charge in [0.25, 0.3) is 5.69 Å². The highest BCUT2D eigenvalue weighted by atomic mass is 19.1. The molecule has 0 fully saturated rings. The lowest BCUT2D eigenvalue weighted by Gasteiger charge is -2.03. The summed E-state index contributed by atoms with van der Waals surface area (Å²) in [5.41, 5.74) is 1.79. The Hall–Kier alpha value is -2.34. The Kier molecular flexibility index (Phi) is 4.73. The molecule has 0 aliphatic heterocycles. The number of ether oxygens (including phenoxy) is 1. The van der Waals surface area contributed by atoms with E-state index in [1.165, 1.54) is 6.07 Å². The number of aryl methyl sites for hydroxylation is 2. The van der Waals surface area contributed by atoms with Crippen molar-refractivity contribution in [2.24, 2.45) is 0 Å². The van der Waals surface area contributed by atoms with Gasteiger partial charge in [-0.1, -0.05) is 12.0 Å². The molecular formula is C17H17FNO+. The van der Waals surface area contributed by atoms with Crippen LogP contribution in [0.15, 0.2) is 42.6 Å². The summed E-state index contributed by atoms with van der Waals surface area (Å²) in [6.07, 6.45) is 1.98. The van der Waals surface area contributed by atoms with Crippen LogP contribution >= 0.6 is 0 Å². The summed E-state index contributed by atoms with van der Waals surface area (Å²) in [7, 11) is 0. The zero-order chi connectivity index (χ0) is 14.4. The number of hydrogen-bond acceptors (Lipinski definition) is 1. The Morgan fingerprint density at radius 3 is 2.85 bits per heavy atom. The molecule has 0 aliphatic rings. The fraction of sp³-hybridized carbons (Fsp3) is 0.235. The summed E-state index contributed by atoms with van der Waals surface area (Å²) in [6.45, 7) is 4.92. The molecule has 1 aromatic carbocycles. The quantitative estimate of drug-likeness (QED) is 0.617. The SMILES string of the molecule is CC[n+]1ccccc1C#CCOc1ccc(C)cc1F. The van der Waals surface area contributed by atoms with Crippen LogP contribution in [0.5, 0.6) is 5.75 Å². The van der Waals surface area contributed by atoms with E-state index in [2.05, 4.69) is 18.8 Å². The maximum absolute atomic E-state index is 13.5. The Morgan fingerprint density at radius 2 is 2.10 bits per heavy atom. The van der Waals surface area contributed by atoms with E-state index in [-0.39, 0.29) is 18.2 Å². The van der Waals surface area contributed by atoms with Crippen LogP contribution in [-0.2, 0) is 6.54 Å². The zero-order valence-corrected chi connectivity index (χ0v) is 11.7. The van der Waals surface area contributed by atoms with Gasteiger partial charge in [0.1, 0.15) is 13.2 Å². The third-order valence-corrected chi connectivity index (χ3v) is 2.89. The molecule has 3 heteroatoms. The molecule has 0 saturated heterocycles. The molecule has 0 amide bonds. The summed E-state index contributed by atoms with van der Waals surface area (Å²) in [4.78, 5) is 0. The lowest BCUT2D eigenvalue weighted by Crippen LogP contribution is -2.35. The second kappa shape index (κ2) is 6.72. The van der Waals surface area contributed by atoms with Gasteiger partial charge in [-0.05, 0) is 37.6 Å². The first-order valence-electron chi connectivity index (χ1n) is 6.57. The summed E-state index contributed by atoms with van der Waals surface area (Å²) in [5, 5.41) is 0. The van der Waals surface area contributed by atoms with E-state index in [0.717, 1.165) is 17.8 Å². The molecule has 20 heavy (non-hydrogen) atoms. The smallest absolute Gasteiger partial charge is 0.256 e. The molecule has 0 bridgehead atoms. The van der Waals surface area contributed by atoms with Crippen molar-refractivity contribution in [1.82, 2.24) is 0 Å². The standard InChI is InChI=1S/C17H17FNO/c1-3-19-11-5-4-7-15(19)8-6-12-20-17-10-9-14(2)13-16(17)18/h4-5,7,9-11,13H,3,12H2,1-2H3/q+1. The normalized spacial score (nSPS) is 9.75. The van der Waals surface area contributed by atoms with Gasteiger partial charge in [0.05, 0.1) is 0 Å². The lowest BCUT2D eigenvalue weighted by atomic mass is 10.2. The largest absolute Gasteiger partial charge is 0.478 e. The second-order valence-corrected chi connectivity index (χ2v) is 4.40. The second-order valence-electron chi connectivity index (χ2n) is 4.40. The Bertz CT molecular complexity index is 656. The minimum atomic E-state index is -0.352. The van der Waals surface area contributed by atoms with Crippen LogP contribution in [0.25, 0.3) is 0 Å². The Labute approximate surface area is 118 Å². The lowest BCUT2D eigenvalue weighted by molar-refractivity contribution is -0.695. The molecule has 0 saturated carbocycles. The first kappa shape index (κ1) is 14.1. The van der Waals surface area contributed by atoms with E-state index in [4.69, 9.17) is 4.74 Å². The summed E-state index contributed by atoms with van der Waals surface area (Å²) < 4.78 is 20.9. The van der Waals surface area contributed by atoms with Crippen LogP contribution in [0, 0.1) is 24.6 Å². The predicted molar refractivity (Wildman–Crippen MR) is 75.8 cm³/mol. The van der Waals surface area contributed by atoms with Crippen molar-refractivity contribution in [3.63, 3.8) is 0 Å². The van der Waals surface area contributed by atoms with Gasteiger partial charge in [0.15, 0.2) is 17.8 Å². The molecule has 0 N–H and O–H groups in total. The van der Waals surface area contributed by atoms with E-state index in [9.17, 15) is 4.39 Å². The third kappa shape index (κ3) is 3.58. The van der Waals surface area contributed by atoms with Crippen molar-refractivity contribution in [1.29, 1.82) is 0 Å². The van der Waals surface area contributed by atoms with Gasteiger partial charge < -0.3 is 4.74 Å². The molecule has 1 heterocycles. The van der Waals surface area contributed by atoms with Crippen LogP contribution in [-0.4, -0.2) is 6.61 Å². The van der Waals surface area contributed by atoms with Crippen molar-refractivity contribution in [2.75, 3.05) is 6.61 Å². The predicted octanol–water partition coefficient (Wildman–Crippen LogP) is 2.87. The van der Waals surface area contributed by atoms with E-state index in [1.54, 1.807) is 6.07 Å². The molecule has 0 radical (unpaired) electrons. The summed E-state index contributed by atoms with van der Waals surface area (Å²) in [5.74, 6) is 5.82. The minimum absolute atomic E-state index is 0.165. The van der Waals surface area contributed by atoms with Gasteiger partial charge in [-0.25, -0.2) is 4.39 Å². The van der Waals surface area contributed by atoms with E-state index in [0.29, 0.717) is 0 Å².